The normalized spacial score (nSPS) is 16.4. The van der Waals surface area contributed by atoms with E-state index in [-0.39, 0.29) is 5.76 Å². The largest absolute Gasteiger partial charge is 0.508 e. The van der Waals surface area contributed by atoms with Gasteiger partial charge in [-0.15, -0.1) is 11.3 Å². The molecule has 0 radical (unpaired) electrons. The van der Waals surface area contributed by atoms with Crippen LogP contribution >= 0.6 is 11.3 Å². The highest BCUT2D eigenvalue weighted by molar-refractivity contribution is 7.15. The Morgan fingerprint density at radius 2 is 2.09 bits per heavy atom. The molecule has 118 valence electrons. The Balaban J connectivity index is 1.83. The van der Waals surface area contributed by atoms with Gasteiger partial charge in [0.2, 0.25) is 0 Å². The van der Waals surface area contributed by atoms with E-state index >= 15 is 0 Å². The highest BCUT2D eigenvalue weighted by Crippen LogP contribution is 2.46. The minimum atomic E-state index is -0.612. The van der Waals surface area contributed by atoms with E-state index in [0.29, 0.717) is 0 Å². The van der Waals surface area contributed by atoms with Gasteiger partial charge in [-0.25, -0.2) is 0 Å². The number of benzene rings is 1. The summed E-state index contributed by atoms with van der Waals surface area (Å²) in [5.41, 5.74) is 3.42. The van der Waals surface area contributed by atoms with Gasteiger partial charge in [-0.2, -0.15) is 0 Å². The molecule has 4 rings (SSSR count). The van der Waals surface area contributed by atoms with Crippen molar-refractivity contribution in [2.75, 3.05) is 0 Å². The Labute approximate surface area is 138 Å². The van der Waals surface area contributed by atoms with Crippen LogP contribution in [0.25, 0.3) is 27.1 Å². The Bertz CT molecular complexity index is 915. The van der Waals surface area contributed by atoms with E-state index in [1.807, 2.05) is 6.07 Å². The van der Waals surface area contributed by atoms with Crippen LogP contribution in [0, 0.1) is 6.92 Å². The minimum Gasteiger partial charge on any atom is -0.508 e. The number of hydrogen-bond donors (Lipinski definition) is 3. The summed E-state index contributed by atoms with van der Waals surface area (Å²) >= 11 is 1.66. The number of fused-ring (bicyclic) bond motifs is 1. The Morgan fingerprint density at radius 1 is 1.30 bits per heavy atom. The molecule has 1 fully saturated rings. The molecular formula is C19H19NO2S. The fourth-order valence-electron chi connectivity index (χ4n) is 3.27. The van der Waals surface area contributed by atoms with Crippen LogP contribution in [0.2, 0.25) is 0 Å². The van der Waals surface area contributed by atoms with E-state index in [1.54, 1.807) is 17.5 Å². The molecule has 1 saturated carbocycles. The van der Waals surface area contributed by atoms with Gasteiger partial charge in [-0.1, -0.05) is 6.58 Å². The standard InChI is InChI=1S/C19H19NO2S/c1-11-8-16-14(15(10-20-16)12(2)21)9-13(11)17-4-5-18(23-17)19(22)6-3-7-19/h4-5,8-10,20-22H,2-3,6-7H2,1H3. The van der Waals surface area contributed by atoms with Gasteiger partial charge in [0.25, 0.3) is 0 Å². The predicted octanol–water partition coefficient (Wildman–Crippen LogP) is 5.11. The molecule has 0 bridgehead atoms. The summed E-state index contributed by atoms with van der Waals surface area (Å²) in [6, 6.07) is 8.32. The lowest BCUT2D eigenvalue weighted by molar-refractivity contribution is -0.0354. The number of rotatable bonds is 3. The van der Waals surface area contributed by atoms with Crippen molar-refractivity contribution >= 4 is 28.0 Å². The van der Waals surface area contributed by atoms with Crippen LogP contribution in [-0.2, 0) is 5.60 Å². The Kier molecular flexibility index (Phi) is 3.15. The van der Waals surface area contributed by atoms with Crippen LogP contribution in [0.3, 0.4) is 0 Å². The van der Waals surface area contributed by atoms with E-state index in [1.165, 1.54) is 5.56 Å². The van der Waals surface area contributed by atoms with Crippen LogP contribution in [0.5, 0.6) is 0 Å². The molecular weight excluding hydrogens is 306 g/mol. The second-order valence-corrected chi connectivity index (χ2v) is 7.49. The van der Waals surface area contributed by atoms with E-state index in [9.17, 15) is 10.2 Å². The number of aryl methyl sites for hydroxylation is 1. The molecule has 0 saturated heterocycles. The van der Waals surface area contributed by atoms with E-state index in [2.05, 4.69) is 36.7 Å². The number of aromatic nitrogens is 1. The molecule has 0 amide bonds. The molecule has 3 aromatic rings. The molecule has 1 aromatic carbocycles. The van der Waals surface area contributed by atoms with Gasteiger partial charge in [0.1, 0.15) is 5.76 Å². The smallest absolute Gasteiger partial charge is 0.117 e. The van der Waals surface area contributed by atoms with Crippen molar-refractivity contribution in [1.29, 1.82) is 0 Å². The van der Waals surface area contributed by atoms with Crippen LogP contribution < -0.4 is 0 Å². The molecule has 4 heteroatoms. The lowest BCUT2D eigenvalue weighted by atomic mass is 9.79. The number of aliphatic hydroxyl groups excluding tert-OH is 1. The molecule has 0 aliphatic heterocycles. The first-order valence-electron chi connectivity index (χ1n) is 7.81. The monoisotopic (exact) mass is 325 g/mol. The molecule has 0 spiro atoms. The number of aliphatic hydroxyl groups is 2. The maximum Gasteiger partial charge on any atom is 0.117 e. The average molecular weight is 325 g/mol. The van der Waals surface area contributed by atoms with Gasteiger partial charge >= 0.3 is 0 Å². The summed E-state index contributed by atoms with van der Waals surface area (Å²) in [6.45, 7) is 5.72. The zero-order valence-electron chi connectivity index (χ0n) is 13.0. The molecule has 0 atom stereocenters. The quantitative estimate of drug-likeness (QED) is 0.586. The zero-order valence-corrected chi connectivity index (χ0v) is 13.8. The topological polar surface area (TPSA) is 56.2 Å². The maximum atomic E-state index is 10.5. The van der Waals surface area contributed by atoms with Gasteiger partial charge in [0, 0.05) is 32.4 Å². The number of H-pyrrole nitrogens is 1. The number of nitrogens with one attached hydrogen (secondary N) is 1. The third kappa shape index (κ3) is 2.21. The van der Waals surface area contributed by atoms with Gasteiger partial charge in [0.05, 0.1) is 5.60 Å². The van der Waals surface area contributed by atoms with Crippen molar-refractivity contribution in [1.82, 2.24) is 4.98 Å². The van der Waals surface area contributed by atoms with Crippen molar-refractivity contribution in [2.24, 2.45) is 0 Å². The molecule has 2 aromatic heterocycles. The Morgan fingerprint density at radius 3 is 2.74 bits per heavy atom. The zero-order chi connectivity index (χ0) is 16.2. The SMILES string of the molecule is C=C(O)c1c[nH]c2cc(C)c(-c3ccc(C4(O)CCC4)s3)cc12. The fraction of sp³-hybridized carbons (Fsp3) is 0.263. The average Bonchev–Trinajstić information content (AvgIpc) is 3.10. The molecule has 1 aliphatic rings. The first kappa shape index (κ1) is 14.5. The van der Waals surface area contributed by atoms with Crippen molar-refractivity contribution in [2.45, 2.75) is 31.8 Å². The van der Waals surface area contributed by atoms with E-state index < -0.39 is 5.60 Å². The van der Waals surface area contributed by atoms with Gasteiger partial charge in [-0.05, 0) is 61.6 Å². The van der Waals surface area contributed by atoms with Crippen molar-refractivity contribution < 1.29 is 10.2 Å². The molecule has 23 heavy (non-hydrogen) atoms. The van der Waals surface area contributed by atoms with Crippen molar-refractivity contribution in [3.05, 3.63) is 53.0 Å². The molecule has 1 aliphatic carbocycles. The molecule has 3 nitrogen and oxygen atoms in total. The maximum absolute atomic E-state index is 10.5. The third-order valence-electron chi connectivity index (χ3n) is 4.85. The van der Waals surface area contributed by atoms with E-state index in [0.717, 1.165) is 51.0 Å². The number of hydrogen-bond acceptors (Lipinski definition) is 3. The molecule has 0 unspecified atom stereocenters. The lowest BCUT2D eigenvalue weighted by Crippen LogP contribution is -2.32. The second kappa shape index (κ2) is 4.98. The summed E-state index contributed by atoms with van der Waals surface area (Å²) in [6.07, 6.45) is 4.60. The third-order valence-corrected chi connectivity index (χ3v) is 6.16. The predicted molar refractivity (Wildman–Crippen MR) is 95.8 cm³/mol. The van der Waals surface area contributed by atoms with E-state index in [4.69, 9.17) is 0 Å². The lowest BCUT2D eigenvalue weighted by Gasteiger charge is -2.35. The summed E-state index contributed by atoms with van der Waals surface area (Å²) in [5, 5.41) is 21.2. The number of aromatic amines is 1. The fourth-order valence-corrected chi connectivity index (χ4v) is 4.51. The second-order valence-electron chi connectivity index (χ2n) is 6.41. The Hall–Kier alpha value is -2.04. The van der Waals surface area contributed by atoms with Crippen molar-refractivity contribution in [3.8, 4) is 10.4 Å². The highest BCUT2D eigenvalue weighted by atomic mass is 32.1. The van der Waals surface area contributed by atoms with Gasteiger partial charge in [0.15, 0.2) is 0 Å². The molecule has 3 N–H and O–H groups in total. The molecule has 2 heterocycles. The summed E-state index contributed by atoms with van der Waals surface area (Å²) < 4.78 is 0. The van der Waals surface area contributed by atoms with Crippen LogP contribution in [0.15, 0.2) is 37.0 Å². The van der Waals surface area contributed by atoms with Crippen LogP contribution in [0.1, 0.15) is 35.3 Å². The number of thiophene rings is 1. The first-order valence-corrected chi connectivity index (χ1v) is 8.63. The first-order chi connectivity index (χ1) is 11.0. The van der Waals surface area contributed by atoms with Crippen molar-refractivity contribution in [3.63, 3.8) is 0 Å². The summed E-state index contributed by atoms with van der Waals surface area (Å²) in [5.74, 6) is 0.0710. The minimum absolute atomic E-state index is 0.0710. The van der Waals surface area contributed by atoms with Gasteiger partial charge < -0.3 is 15.2 Å². The highest BCUT2D eigenvalue weighted by Gasteiger charge is 2.37. The van der Waals surface area contributed by atoms with Crippen LogP contribution in [-0.4, -0.2) is 15.2 Å². The summed E-state index contributed by atoms with van der Waals surface area (Å²) in [7, 11) is 0. The summed E-state index contributed by atoms with van der Waals surface area (Å²) in [4.78, 5) is 5.38. The van der Waals surface area contributed by atoms with Gasteiger partial charge in [-0.3, -0.25) is 0 Å². The van der Waals surface area contributed by atoms with Crippen LogP contribution in [0.4, 0.5) is 0 Å².